The minimum Gasteiger partial charge on any atom is -0.496 e. The summed E-state index contributed by atoms with van der Waals surface area (Å²) in [6, 6.07) is 11.3. The quantitative estimate of drug-likeness (QED) is 0.852. The molecule has 130 valence electrons. The van der Waals surface area contributed by atoms with Gasteiger partial charge in [0.1, 0.15) is 5.75 Å². The summed E-state index contributed by atoms with van der Waals surface area (Å²) in [6.45, 7) is 6.87. The molecule has 0 saturated carbocycles. The Kier molecular flexibility index (Phi) is 4.80. The van der Waals surface area contributed by atoms with Crippen molar-refractivity contribution in [3.63, 3.8) is 0 Å². The minimum atomic E-state index is -3.51. The highest BCUT2D eigenvalue weighted by atomic mass is 32.2. The lowest BCUT2D eigenvalue weighted by atomic mass is 10.1. The van der Waals surface area contributed by atoms with Crippen molar-refractivity contribution in [3.05, 3.63) is 36.4 Å². The van der Waals surface area contributed by atoms with Crippen LogP contribution in [0.1, 0.15) is 13.8 Å². The molecule has 0 atom stereocenters. The maximum Gasteiger partial charge on any atom is 0.243 e. The second-order valence-electron chi connectivity index (χ2n) is 6.35. The van der Waals surface area contributed by atoms with E-state index in [-0.39, 0.29) is 0 Å². The lowest BCUT2D eigenvalue weighted by molar-refractivity contribution is 0.154. The highest BCUT2D eigenvalue weighted by Gasteiger charge is 2.30. The molecule has 0 radical (unpaired) electrons. The van der Waals surface area contributed by atoms with E-state index in [4.69, 9.17) is 4.74 Å². The fraction of sp³-hybridized carbons (Fsp3) is 0.444. The van der Waals surface area contributed by atoms with Crippen LogP contribution in [0.3, 0.4) is 0 Å². The number of fused-ring (bicyclic) bond motifs is 1. The van der Waals surface area contributed by atoms with E-state index in [1.165, 1.54) is 0 Å². The lowest BCUT2D eigenvalue weighted by Gasteiger charge is -2.36. The molecule has 1 fully saturated rings. The summed E-state index contributed by atoms with van der Waals surface area (Å²) in [5.74, 6) is 0.689. The van der Waals surface area contributed by atoms with E-state index < -0.39 is 10.0 Å². The highest BCUT2D eigenvalue weighted by Crippen LogP contribution is 2.32. The van der Waals surface area contributed by atoms with Gasteiger partial charge < -0.3 is 4.74 Å². The van der Waals surface area contributed by atoms with Crippen molar-refractivity contribution >= 4 is 20.8 Å². The number of hydrogen-bond acceptors (Lipinski definition) is 4. The van der Waals surface area contributed by atoms with Crippen molar-refractivity contribution in [1.82, 2.24) is 9.21 Å². The Morgan fingerprint density at radius 1 is 0.958 bits per heavy atom. The summed E-state index contributed by atoms with van der Waals surface area (Å²) in [5, 5.41) is 1.53. The highest BCUT2D eigenvalue weighted by molar-refractivity contribution is 7.89. The second-order valence-corrected chi connectivity index (χ2v) is 8.25. The van der Waals surface area contributed by atoms with E-state index in [0.717, 1.165) is 18.5 Å². The number of sulfonamides is 1. The zero-order chi connectivity index (χ0) is 17.3. The molecule has 0 aliphatic carbocycles. The molecule has 1 aliphatic rings. The van der Waals surface area contributed by atoms with E-state index in [1.807, 2.05) is 24.3 Å². The standard InChI is InChI=1S/C18H24N2O3S/c1-14(2)19-10-12-20(13-11-19)24(21,22)18-9-8-17(23-3)15-6-4-5-7-16(15)18/h4-9,14H,10-13H2,1-3H3. The number of ether oxygens (including phenoxy) is 1. The van der Waals surface area contributed by atoms with Crippen LogP contribution in [0.15, 0.2) is 41.3 Å². The zero-order valence-electron chi connectivity index (χ0n) is 14.4. The van der Waals surface area contributed by atoms with Gasteiger partial charge in [-0.3, -0.25) is 4.90 Å². The lowest BCUT2D eigenvalue weighted by Crippen LogP contribution is -2.50. The molecular formula is C18H24N2O3S. The Hall–Kier alpha value is -1.63. The van der Waals surface area contributed by atoms with Gasteiger partial charge in [0.15, 0.2) is 0 Å². The Balaban J connectivity index is 1.98. The van der Waals surface area contributed by atoms with Gasteiger partial charge in [-0.15, -0.1) is 0 Å². The molecule has 2 aromatic rings. The Morgan fingerprint density at radius 3 is 2.17 bits per heavy atom. The Labute approximate surface area is 143 Å². The Bertz CT molecular complexity index is 825. The van der Waals surface area contributed by atoms with Crippen LogP contribution in [-0.2, 0) is 10.0 Å². The van der Waals surface area contributed by atoms with Gasteiger partial charge in [-0.25, -0.2) is 8.42 Å². The first kappa shape index (κ1) is 17.2. The van der Waals surface area contributed by atoms with E-state index >= 15 is 0 Å². The molecule has 0 N–H and O–H groups in total. The molecule has 24 heavy (non-hydrogen) atoms. The number of piperazine rings is 1. The van der Waals surface area contributed by atoms with Gasteiger partial charge in [-0.05, 0) is 26.0 Å². The third-order valence-electron chi connectivity index (χ3n) is 4.69. The first-order valence-corrected chi connectivity index (χ1v) is 9.69. The maximum absolute atomic E-state index is 13.1. The molecule has 0 spiro atoms. The van der Waals surface area contributed by atoms with Crippen molar-refractivity contribution < 1.29 is 13.2 Å². The van der Waals surface area contributed by atoms with E-state index in [0.29, 0.717) is 35.2 Å². The van der Waals surface area contributed by atoms with Crippen LogP contribution in [-0.4, -0.2) is 57.0 Å². The van der Waals surface area contributed by atoms with Crippen LogP contribution in [0, 0.1) is 0 Å². The van der Waals surface area contributed by atoms with Crippen LogP contribution in [0.25, 0.3) is 10.8 Å². The predicted molar refractivity (Wildman–Crippen MR) is 96.0 cm³/mol. The summed E-state index contributed by atoms with van der Waals surface area (Å²) in [5.41, 5.74) is 0. The topological polar surface area (TPSA) is 49.9 Å². The van der Waals surface area contributed by atoms with Crippen LogP contribution in [0.4, 0.5) is 0 Å². The van der Waals surface area contributed by atoms with Crippen LogP contribution in [0.5, 0.6) is 5.75 Å². The summed E-state index contributed by atoms with van der Waals surface area (Å²) < 4.78 is 33.3. The van der Waals surface area contributed by atoms with E-state index in [9.17, 15) is 8.42 Å². The summed E-state index contributed by atoms with van der Waals surface area (Å²) in [7, 11) is -1.91. The molecule has 0 amide bonds. The number of methoxy groups -OCH3 is 1. The molecule has 0 aromatic heterocycles. The average Bonchev–Trinajstić information content (AvgIpc) is 2.60. The number of benzene rings is 2. The second kappa shape index (κ2) is 6.70. The third kappa shape index (κ3) is 3.01. The van der Waals surface area contributed by atoms with Crippen molar-refractivity contribution in [2.75, 3.05) is 33.3 Å². The van der Waals surface area contributed by atoms with E-state index in [1.54, 1.807) is 23.5 Å². The first-order valence-electron chi connectivity index (χ1n) is 8.25. The monoisotopic (exact) mass is 348 g/mol. The molecule has 1 saturated heterocycles. The number of nitrogens with zero attached hydrogens (tertiary/aromatic N) is 2. The molecule has 6 heteroatoms. The van der Waals surface area contributed by atoms with Gasteiger partial charge in [0.25, 0.3) is 0 Å². The molecule has 0 unspecified atom stereocenters. The van der Waals surface area contributed by atoms with E-state index in [2.05, 4.69) is 18.7 Å². The molecular weight excluding hydrogens is 324 g/mol. The van der Waals surface area contributed by atoms with Crippen molar-refractivity contribution in [3.8, 4) is 5.75 Å². The largest absolute Gasteiger partial charge is 0.496 e. The summed E-state index contributed by atoms with van der Waals surface area (Å²) in [6.07, 6.45) is 0. The summed E-state index contributed by atoms with van der Waals surface area (Å²) in [4.78, 5) is 2.66. The van der Waals surface area contributed by atoms with Crippen molar-refractivity contribution in [2.24, 2.45) is 0 Å². The molecule has 0 bridgehead atoms. The minimum absolute atomic E-state index is 0.358. The van der Waals surface area contributed by atoms with Crippen molar-refractivity contribution in [1.29, 1.82) is 0 Å². The normalized spacial score (nSPS) is 17.5. The maximum atomic E-state index is 13.1. The molecule has 2 aromatic carbocycles. The van der Waals surface area contributed by atoms with Crippen LogP contribution in [0.2, 0.25) is 0 Å². The SMILES string of the molecule is COc1ccc(S(=O)(=O)N2CCN(C(C)C)CC2)c2ccccc12. The van der Waals surface area contributed by atoms with Gasteiger partial charge in [0.05, 0.1) is 12.0 Å². The molecule has 1 heterocycles. The third-order valence-corrected chi connectivity index (χ3v) is 6.64. The number of rotatable bonds is 4. The van der Waals surface area contributed by atoms with Crippen LogP contribution >= 0.6 is 0 Å². The average molecular weight is 348 g/mol. The zero-order valence-corrected chi connectivity index (χ0v) is 15.2. The molecule has 5 nitrogen and oxygen atoms in total. The smallest absolute Gasteiger partial charge is 0.243 e. The fourth-order valence-corrected chi connectivity index (χ4v) is 4.86. The number of hydrogen-bond donors (Lipinski definition) is 0. The fourth-order valence-electron chi connectivity index (χ4n) is 3.25. The van der Waals surface area contributed by atoms with Gasteiger partial charge in [-0.1, -0.05) is 24.3 Å². The van der Waals surface area contributed by atoms with Crippen molar-refractivity contribution in [2.45, 2.75) is 24.8 Å². The Morgan fingerprint density at radius 2 is 1.58 bits per heavy atom. The summed E-state index contributed by atoms with van der Waals surface area (Å²) >= 11 is 0. The van der Waals surface area contributed by atoms with Gasteiger partial charge in [0, 0.05) is 43.0 Å². The molecule has 3 rings (SSSR count). The predicted octanol–water partition coefficient (Wildman–Crippen LogP) is 2.56. The molecule has 1 aliphatic heterocycles. The van der Waals surface area contributed by atoms with Crippen LogP contribution < -0.4 is 4.74 Å². The van der Waals surface area contributed by atoms with Gasteiger partial charge >= 0.3 is 0 Å². The first-order chi connectivity index (χ1) is 11.4. The van der Waals surface area contributed by atoms with Gasteiger partial charge in [-0.2, -0.15) is 4.31 Å². The van der Waals surface area contributed by atoms with Gasteiger partial charge in [0.2, 0.25) is 10.0 Å².